The molecule has 0 bridgehead atoms. The summed E-state index contributed by atoms with van der Waals surface area (Å²) in [4.78, 5) is 24.0. The highest BCUT2D eigenvalue weighted by Crippen LogP contribution is 2.23. The molecule has 2 rings (SSSR count). The number of thiophene rings is 1. The monoisotopic (exact) mass is 309 g/mol. The van der Waals surface area contributed by atoms with Crippen molar-refractivity contribution in [2.75, 3.05) is 0 Å². The quantitative estimate of drug-likeness (QED) is 0.870. The maximum atomic E-state index is 12.3. The van der Waals surface area contributed by atoms with Crippen LogP contribution in [0.15, 0.2) is 17.8 Å². The third kappa shape index (κ3) is 3.24. The first-order valence-corrected chi connectivity index (χ1v) is 7.03. The van der Waals surface area contributed by atoms with Crippen molar-refractivity contribution in [3.63, 3.8) is 0 Å². The van der Waals surface area contributed by atoms with E-state index in [9.17, 15) is 14.7 Å². The Morgan fingerprint density at radius 2 is 2.14 bits per heavy atom. The number of carboxylic acid groups (broad SMARTS) is 1. The van der Waals surface area contributed by atoms with Gasteiger partial charge in [-0.25, -0.2) is 4.79 Å². The summed E-state index contributed by atoms with van der Waals surface area (Å²) >= 11 is 1.20. The SMILES string of the molecule is CC(C)(C)C(NC(=O)c1sccc1-n1cnnn1)C(=O)O. The van der Waals surface area contributed by atoms with Crippen LogP contribution in [0.2, 0.25) is 0 Å². The molecule has 2 heterocycles. The van der Waals surface area contributed by atoms with Gasteiger partial charge in [-0.2, -0.15) is 4.68 Å². The highest BCUT2D eigenvalue weighted by Gasteiger charge is 2.33. The Morgan fingerprint density at radius 1 is 1.43 bits per heavy atom. The fourth-order valence-corrected chi connectivity index (χ4v) is 2.55. The average molecular weight is 309 g/mol. The van der Waals surface area contributed by atoms with Gasteiger partial charge in [0.1, 0.15) is 17.2 Å². The highest BCUT2D eigenvalue weighted by molar-refractivity contribution is 7.12. The van der Waals surface area contributed by atoms with Crippen LogP contribution in [0.3, 0.4) is 0 Å². The number of tetrazole rings is 1. The van der Waals surface area contributed by atoms with Crippen molar-refractivity contribution in [2.24, 2.45) is 5.41 Å². The summed E-state index contributed by atoms with van der Waals surface area (Å²) in [5.74, 6) is -1.53. The molecule has 21 heavy (non-hydrogen) atoms. The number of carbonyl (C=O) groups excluding carboxylic acids is 1. The molecule has 1 atom stereocenters. The lowest BCUT2D eigenvalue weighted by Gasteiger charge is -2.27. The Hall–Kier alpha value is -2.29. The number of hydrogen-bond donors (Lipinski definition) is 2. The Morgan fingerprint density at radius 3 is 2.67 bits per heavy atom. The van der Waals surface area contributed by atoms with E-state index in [0.717, 1.165) is 0 Å². The molecule has 2 aromatic rings. The standard InChI is InChI=1S/C12H15N5O3S/c1-12(2,3)9(11(19)20)14-10(18)8-7(4-5-21-8)17-6-13-15-16-17/h4-6,9H,1-3H3,(H,14,18)(H,19,20). The minimum absolute atomic E-state index is 0.359. The van der Waals surface area contributed by atoms with Gasteiger partial charge in [-0.1, -0.05) is 20.8 Å². The minimum atomic E-state index is -1.07. The highest BCUT2D eigenvalue weighted by atomic mass is 32.1. The summed E-state index contributed by atoms with van der Waals surface area (Å²) in [6.45, 7) is 5.26. The Bertz CT molecular complexity index is 644. The van der Waals surface area contributed by atoms with E-state index < -0.39 is 23.3 Å². The third-order valence-electron chi connectivity index (χ3n) is 2.83. The largest absolute Gasteiger partial charge is 0.480 e. The summed E-state index contributed by atoms with van der Waals surface area (Å²) < 4.78 is 1.36. The van der Waals surface area contributed by atoms with Crippen LogP contribution in [-0.4, -0.2) is 43.2 Å². The number of nitrogens with zero attached hydrogens (tertiary/aromatic N) is 4. The van der Waals surface area contributed by atoms with Gasteiger partial charge in [-0.05, 0) is 27.3 Å². The van der Waals surface area contributed by atoms with Crippen molar-refractivity contribution in [3.05, 3.63) is 22.7 Å². The number of amides is 1. The summed E-state index contributed by atoms with van der Waals surface area (Å²) in [7, 11) is 0. The molecule has 1 amide bonds. The molecule has 2 aromatic heterocycles. The van der Waals surface area contributed by atoms with Gasteiger partial charge in [-0.3, -0.25) is 4.79 Å². The lowest BCUT2D eigenvalue weighted by Crippen LogP contribution is -2.49. The molecular weight excluding hydrogens is 294 g/mol. The van der Waals surface area contributed by atoms with E-state index in [1.807, 2.05) is 0 Å². The first kappa shape index (κ1) is 15.1. The van der Waals surface area contributed by atoms with E-state index in [1.54, 1.807) is 32.2 Å². The van der Waals surface area contributed by atoms with Crippen LogP contribution in [0.5, 0.6) is 0 Å². The molecular formula is C12H15N5O3S. The van der Waals surface area contributed by atoms with Gasteiger partial charge in [0.2, 0.25) is 0 Å². The minimum Gasteiger partial charge on any atom is -0.480 e. The molecule has 2 N–H and O–H groups in total. The summed E-state index contributed by atoms with van der Waals surface area (Å²) in [5, 5.41) is 24.3. The Kier molecular flexibility index (Phi) is 4.03. The molecule has 0 aliphatic carbocycles. The van der Waals surface area contributed by atoms with Gasteiger partial charge in [0.15, 0.2) is 0 Å². The van der Waals surface area contributed by atoms with Gasteiger partial charge in [0.05, 0.1) is 5.69 Å². The summed E-state index contributed by atoms with van der Waals surface area (Å²) in [5.41, 5.74) is -0.0890. The summed E-state index contributed by atoms with van der Waals surface area (Å²) in [6, 6.07) is 0.705. The number of aliphatic carboxylic acids is 1. The lowest BCUT2D eigenvalue weighted by atomic mass is 9.87. The van der Waals surface area contributed by atoms with Crippen LogP contribution in [0.4, 0.5) is 0 Å². The molecule has 0 radical (unpaired) electrons. The van der Waals surface area contributed by atoms with Crippen LogP contribution in [0.1, 0.15) is 30.4 Å². The maximum Gasteiger partial charge on any atom is 0.326 e. The zero-order valence-electron chi connectivity index (χ0n) is 11.8. The average Bonchev–Trinajstić information content (AvgIpc) is 3.02. The second-order valence-corrected chi connectivity index (χ2v) is 6.42. The van der Waals surface area contributed by atoms with E-state index in [0.29, 0.717) is 10.6 Å². The topological polar surface area (TPSA) is 110 Å². The number of aromatic nitrogens is 4. The lowest BCUT2D eigenvalue weighted by molar-refractivity contribution is -0.142. The Balaban J connectivity index is 2.26. The van der Waals surface area contributed by atoms with E-state index >= 15 is 0 Å². The molecule has 0 aliphatic heterocycles. The van der Waals surface area contributed by atoms with E-state index in [4.69, 9.17) is 0 Å². The number of hydrogen-bond acceptors (Lipinski definition) is 6. The van der Waals surface area contributed by atoms with E-state index in [2.05, 4.69) is 20.8 Å². The zero-order valence-corrected chi connectivity index (χ0v) is 12.6. The van der Waals surface area contributed by atoms with Crippen molar-refractivity contribution in [1.82, 2.24) is 25.5 Å². The van der Waals surface area contributed by atoms with Crippen LogP contribution in [0.25, 0.3) is 5.69 Å². The first-order valence-electron chi connectivity index (χ1n) is 6.15. The first-order chi connectivity index (χ1) is 9.80. The van der Waals surface area contributed by atoms with Crippen LogP contribution in [-0.2, 0) is 4.79 Å². The normalized spacial score (nSPS) is 12.9. The maximum absolute atomic E-state index is 12.3. The number of carbonyl (C=O) groups is 2. The molecule has 112 valence electrons. The second-order valence-electron chi connectivity index (χ2n) is 5.50. The van der Waals surface area contributed by atoms with Crippen molar-refractivity contribution in [3.8, 4) is 5.69 Å². The molecule has 0 spiro atoms. The van der Waals surface area contributed by atoms with Crippen LogP contribution < -0.4 is 5.32 Å². The second kappa shape index (κ2) is 5.60. The van der Waals surface area contributed by atoms with Gasteiger partial charge in [0, 0.05) is 0 Å². The van der Waals surface area contributed by atoms with Crippen molar-refractivity contribution < 1.29 is 14.7 Å². The third-order valence-corrected chi connectivity index (χ3v) is 3.74. The van der Waals surface area contributed by atoms with Gasteiger partial charge in [-0.15, -0.1) is 16.4 Å². The fraction of sp³-hybridized carbons (Fsp3) is 0.417. The fourth-order valence-electron chi connectivity index (χ4n) is 1.77. The molecule has 0 aliphatic rings. The number of rotatable bonds is 4. The smallest absolute Gasteiger partial charge is 0.326 e. The van der Waals surface area contributed by atoms with Crippen LogP contribution in [0, 0.1) is 5.41 Å². The van der Waals surface area contributed by atoms with Crippen molar-refractivity contribution >= 4 is 23.2 Å². The number of nitrogens with one attached hydrogen (secondary N) is 1. The summed E-state index contributed by atoms with van der Waals surface area (Å²) in [6.07, 6.45) is 1.37. The predicted molar refractivity (Wildman–Crippen MR) is 75.4 cm³/mol. The van der Waals surface area contributed by atoms with Crippen molar-refractivity contribution in [2.45, 2.75) is 26.8 Å². The van der Waals surface area contributed by atoms with Gasteiger partial charge >= 0.3 is 5.97 Å². The molecule has 0 saturated carbocycles. The molecule has 0 saturated heterocycles. The molecule has 0 fully saturated rings. The van der Waals surface area contributed by atoms with Crippen LogP contribution >= 0.6 is 11.3 Å². The Labute approximate surface area is 124 Å². The molecule has 9 heteroatoms. The molecule has 1 unspecified atom stereocenters. The zero-order chi connectivity index (χ0) is 15.6. The molecule has 8 nitrogen and oxygen atoms in total. The van der Waals surface area contributed by atoms with Crippen molar-refractivity contribution in [1.29, 1.82) is 0 Å². The van der Waals surface area contributed by atoms with E-state index in [1.165, 1.54) is 22.3 Å². The molecule has 0 aromatic carbocycles. The number of carboxylic acids is 1. The predicted octanol–water partition coefficient (Wildman–Crippen LogP) is 0.953. The van der Waals surface area contributed by atoms with Gasteiger partial charge in [0.25, 0.3) is 5.91 Å². The van der Waals surface area contributed by atoms with Gasteiger partial charge < -0.3 is 10.4 Å². The van der Waals surface area contributed by atoms with E-state index in [-0.39, 0.29) is 0 Å².